The number of aromatic nitrogens is 1. The molecule has 0 fully saturated rings. The molecule has 2 aromatic rings. The number of nitro groups is 1. The van der Waals surface area contributed by atoms with Gasteiger partial charge in [0.15, 0.2) is 5.75 Å². The zero-order valence-electron chi connectivity index (χ0n) is 9.76. The molecule has 0 saturated carbocycles. The standard InChI is InChI=1S/C12H8BrClN2O3/c1-7-4-12(15-6-9(7)13)19-11-5-8(16(17)18)2-3-10(11)14/h2-6H,1H3. The van der Waals surface area contributed by atoms with Crippen molar-refractivity contribution in [3.05, 3.63) is 55.6 Å². The van der Waals surface area contributed by atoms with Gasteiger partial charge in [0.05, 0.1) is 16.0 Å². The lowest BCUT2D eigenvalue weighted by molar-refractivity contribution is -0.384. The predicted octanol–water partition coefficient (Wildman–Crippen LogP) is 4.51. The number of pyridine rings is 1. The van der Waals surface area contributed by atoms with Crippen LogP contribution in [0, 0.1) is 17.0 Å². The summed E-state index contributed by atoms with van der Waals surface area (Å²) in [4.78, 5) is 14.2. The zero-order chi connectivity index (χ0) is 14.0. The summed E-state index contributed by atoms with van der Waals surface area (Å²) >= 11 is 9.26. The Labute approximate surface area is 122 Å². The van der Waals surface area contributed by atoms with Gasteiger partial charge in [-0.05, 0) is 34.5 Å². The molecular weight excluding hydrogens is 336 g/mol. The third-order valence-electron chi connectivity index (χ3n) is 2.36. The first kappa shape index (κ1) is 13.8. The highest BCUT2D eigenvalue weighted by molar-refractivity contribution is 9.10. The highest BCUT2D eigenvalue weighted by atomic mass is 79.9. The van der Waals surface area contributed by atoms with Gasteiger partial charge >= 0.3 is 0 Å². The van der Waals surface area contributed by atoms with E-state index < -0.39 is 4.92 Å². The highest BCUT2D eigenvalue weighted by Crippen LogP contribution is 2.32. The Morgan fingerprint density at radius 3 is 2.79 bits per heavy atom. The second-order valence-corrected chi connectivity index (χ2v) is 5.01. The fraction of sp³-hybridized carbons (Fsp3) is 0.0833. The van der Waals surface area contributed by atoms with Gasteiger partial charge < -0.3 is 4.74 Å². The van der Waals surface area contributed by atoms with E-state index in [2.05, 4.69) is 20.9 Å². The van der Waals surface area contributed by atoms with Crippen LogP contribution < -0.4 is 4.74 Å². The van der Waals surface area contributed by atoms with E-state index >= 15 is 0 Å². The Morgan fingerprint density at radius 1 is 1.42 bits per heavy atom. The number of halogens is 2. The van der Waals surface area contributed by atoms with Gasteiger partial charge in [-0.2, -0.15) is 0 Å². The Kier molecular flexibility index (Phi) is 4.01. The molecular formula is C12H8BrClN2O3. The third-order valence-corrected chi connectivity index (χ3v) is 3.50. The van der Waals surface area contributed by atoms with Crippen LogP contribution in [0.1, 0.15) is 5.56 Å². The van der Waals surface area contributed by atoms with Gasteiger partial charge in [-0.15, -0.1) is 0 Å². The molecule has 0 spiro atoms. The number of ether oxygens (including phenoxy) is 1. The number of hydrogen-bond donors (Lipinski definition) is 0. The van der Waals surface area contributed by atoms with Crippen LogP contribution in [-0.2, 0) is 0 Å². The van der Waals surface area contributed by atoms with Crippen molar-refractivity contribution in [2.24, 2.45) is 0 Å². The number of hydrogen-bond acceptors (Lipinski definition) is 4. The molecule has 19 heavy (non-hydrogen) atoms. The van der Waals surface area contributed by atoms with Gasteiger partial charge in [0, 0.05) is 22.8 Å². The van der Waals surface area contributed by atoms with Crippen molar-refractivity contribution in [1.82, 2.24) is 4.98 Å². The lowest BCUT2D eigenvalue weighted by Crippen LogP contribution is -1.92. The summed E-state index contributed by atoms with van der Waals surface area (Å²) < 4.78 is 6.32. The zero-order valence-corrected chi connectivity index (χ0v) is 12.1. The number of nitro benzene ring substituents is 1. The van der Waals surface area contributed by atoms with Gasteiger partial charge in [0.2, 0.25) is 5.88 Å². The summed E-state index contributed by atoms with van der Waals surface area (Å²) in [6.07, 6.45) is 1.59. The van der Waals surface area contributed by atoms with Crippen LogP contribution in [0.25, 0.3) is 0 Å². The molecule has 0 aliphatic heterocycles. The van der Waals surface area contributed by atoms with Crippen LogP contribution >= 0.6 is 27.5 Å². The summed E-state index contributed by atoms with van der Waals surface area (Å²) in [6, 6.07) is 5.71. The maximum absolute atomic E-state index is 10.7. The van der Waals surface area contributed by atoms with E-state index in [1.54, 1.807) is 12.3 Å². The molecule has 0 amide bonds. The van der Waals surface area contributed by atoms with Crippen molar-refractivity contribution >= 4 is 33.2 Å². The molecule has 0 radical (unpaired) electrons. The van der Waals surface area contributed by atoms with Crippen molar-refractivity contribution in [2.75, 3.05) is 0 Å². The van der Waals surface area contributed by atoms with Crippen LogP contribution in [0.3, 0.4) is 0 Å². The Hall–Kier alpha value is -1.66. The molecule has 5 nitrogen and oxygen atoms in total. The number of nitrogens with zero attached hydrogens (tertiary/aromatic N) is 2. The smallest absolute Gasteiger partial charge is 0.273 e. The lowest BCUT2D eigenvalue weighted by Gasteiger charge is -2.07. The topological polar surface area (TPSA) is 65.3 Å². The van der Waals surface area contributed by atoms with E-state index in [1.165, 1.54) is 18.2 Å². The first-order chi connectivity index (χ1) is 8.97. The number of aryl methyl sites for hydroxylation is 1. The number of non-ortho nitro benzene ring substituents is 1. The third kappa shape index (κ3) is 3.21. The molecule has 1 heterocycles. The van der Waals surface area contributed by atoms with Gasteiger partial charge in [0.25, 0.3) is 5.69 Å². The van der Waals surface area contributed by atoms with Gasteiger partial charge in [0.1, 0.15) is 0 Å². The van der Waals surface area contributed by atoms with E-state index in [-0.39, 0.29) is 16.5 Å². The van der Waals surface area contributed by atoms with Crippen molar-refractivity contribution in [1.29, 1.82) is 0 Å². The molecule has 7 heteroatoms. The molecule has 0 saturated heterocycles. The van der Waals surface area contributed by atoms with Crippen LogP contribution in [-0.4, -0.2) is 9.91 Å². The van der Waals surface area contributed by atoms with Crippen molar-refractivity contribution in [2.45, 2.75) is 6.92 Å². The molecule has 0 aliphatic carbocycles. The maximum Gasteiger partial charge on any atom is 0.273 e. The van der Waals surface area contributed by atoms with Crippen LogP contribution in [0.4, 0.5) is 5.69 Å². The molecule has 0 bridgehead atoms. The van der Waals surface area contributed by atoms with E-state index in [9.17, 15) is 10.1 Å². The minimum atomic E-state index is -0.510. The SMILES string of the molecule is Cc1cc(Oc2cc([N+](=O)[O-])ccc2Cl)ncc1Br. The lowest BCUT2D eigenvalue weighted by atomic mass is 10.3. The van der Waals surface area contributed by atoms with Gasteiger partial charge in [-0.25, -0.2) is 4.98 Å². The molecule has 0 N–H and O–H groups in total. The molecule has 98 valence electrons. The van der Waals surface area contributed by atoms with E-state index in [0.717, 1.165) is 10.0 Å². The Bertz CT molecular complexity index is 649. The Morgan fingerprint density at radius 2 is 2.16 bits per heavy atom. The summed E-state index contributed by atoms with van der Waals surface area (Å²) in [7, 11) is 0. The second kappa shape index (κ2) is 5.54. The van der Waals surface area contributed by atoms with Gasteiger partial charge in [-0.3, -0.25) is 10.1 Å². The predicted molar refractivity (Wildman–Crippen MR) is 74.9 cm³/mol. The first-order valence-corrected chi connectivity index (χ1v) is 6.38. The van der Waals surface area contributed by atoms with Crippen LogP contribution in [0.15, 0.2) is 34.9 Å². The van der Waals surface area contributed by atoms with Gasteiger partial charge in [-0.1, -0.05) is 11.6 Å². The largest absolute Gasteiger partial charge is 0.437 e. The molecule has 1 aromatic carbocycles. The summed E-state index contributed by atoms with van der Waals surface area (Å²) in [5.41, 5.74) is 0.847. The average molecular weight is 344 g/mol. The van der Waals surface area contributed by atoms with Crippen molar-refractivity contribution in [3.8, 4) is 11.6 Å². The van der Waals surface area contributed by atoms with E-state index in [4.69, 9.17) is 16.3 Å². The molecule has 1 aromatic heterocycles. The first-order valence-electron chi connectivity index (χ1n) is 5.21. The van der Waals surface area contributed by atoms with Crippen LogP contribution in [0.2, 0.25) is 5.02 Å². The fourth-order valence-corrected chi connectivity index (χ4v) is 1.74. The highest BCUT2D eigenvalue weighted by Gasteiger charge is 2.12. The minimum absolute atomic E-state index is 0.0896. The number of rotatable bonds is 3. The normalized spacial score (nSPS) is 10.3. The minimum Gasteiger partial charge on any atom is -0.437 e. The van der Waals surface area contributed by atoms with Crippen molar-refractivity contribution < 1.29 is 9.66 Å². The fourth-order valence-electron chi connectivity index (χ4n) is 1.37. The maximum atomic E-state index is 10.7. The van der Waals surface area contributed by atoms with E-state index in [1.807, 2.05) is 6.92 Å². The summed E-state index contributed by atoms with van der Waals surface area (Å²) in [5.74, 6) is 0.521. The van der Waals surface area contributed by atoms with Crippen molar-refractivity contribution in [3.63, 3.8) is 0 Å². The number of benzene rings is 1. The molecule has 0 aliphatic rings. The van der Waals surface area contributed by atoms with E-state index in [0.29, 0.717) is 5.88 Å². The summed E-state index contributed by atoms with van der Waals surface area (Å²) in [5, 5.41) is 11.0. The molecule has 2 rings (SSSR count). The second-order valence-electron chi connectivity index (χ2n) is 3.75. The van der Waals surface area contributed by atoms with Crippen LogP contribution in [0.5, 0.6) is 11.6 Å². The molecule has 0 atom stereocenters. The monoisotopic (exact) mass is 342 g/mol. The quantitative estimate of drug-likeness (QED) is 0.607. The molecule has 0 unspecified atom stereocenters. The Balaban J connectivity index is 2.34. The average Bonchev–Trinajstić information content (AvgIpc) is 2.36. The summed E-state index contributed by atoms with van der Waals surface area (Å²) in [6.45, 7) is 1.88.